The van der Waals surface area contributed by atoms with Crippen LogP contribution in [0.5, 0.6) is 5.75 Å². The summed E-state index contributed by atoms with van der Waals surface area (Å²) in [7, 11) is 0. The first-order valence-corrected chi connectivity index (χ1v) is 7.21. The summed E-state index contributed by atoms with van der Waals surface area (Å²) >= 11 is 0. The molecule has 3 aromatic rings. The van der Waals surface area contributed by atoms with Crippen molar-refractivity contribution in [2.45, 2.75) is 0 Å². The molecule has 3 aromatic carbocycles. The molecule has 0 atom stereocenters. The highest BCUT2D eigenvalue weighted by Crippen LogP contribution is 2.37. The van der Waals surface area contributed by atoms with Crippen LogP contribution in [0.25, 0.3) is 10.8 Å². The number of hydrogen-bond acceptors (Lipinski definition) is 5. The predicted molar refractivity (Wildman–Crippen MR) is 90.1 cm³/mol. The van der Waals surface area contributed by atoms with E-state index in [1.54, 1.807) is 36.4 Å². The number of aromatic hydroxyl groups is 1. The fourth-order valence-corrected chi connectivity index (χ4v) is 2.44. The third-order valence-electron chi connectivity index (χ3n) is 3.62. The Kier molecular flexibility index (Phi) is 4.13. The fraction of sp³-hybridized carbons (Fsp3) is 0. The van der Waals surface area contributed by atoms with Crippen LogP contribution in [0, 0.1) is 0 Å². The second kappa shape index (κ2) is 6.40. The molecule has 25 heavy (non-hydrogen) atoms. The molecular weight excluding hydrogens is 324 g/mol. The van der Waals surface area contributed by atoms with Crippen molar-refractivity contribution in [1.29, 1.82) is 0 Å². The maximum atomic E-state index is 11.3. The van der Waals surface area contributed by atoms with Crippen molar-refractivity contribution < 1.29 is 24.9 Å². The minimum Gasteiger partial charge on any atom is -0.506 e. The quantitative estimate of drug-likeness (QED) is 0.612. The SMILES string of the molecule is O=C(O)c1ccccc1N=Nc1cc(C(=O)O)c(O)c2ccccc12. The molecule has 0 heterocycles. The van der Waals surface area contributed by atoms with E-state index < -0.39 is 11.9 Å². The van der Waals surface area contributed by atoms with Gasteiger partial charge >= 0.3 is 11.9 Å². The number of hydrogen-bond donors (Lipinski definition) is 3. The number of phenols is 1. The Hall–Kier alpha value is -3.74. The van der Waals surface area contributed by atoms with Crippen LogP contribution in [0.1, 0.15) is 20.7 Å². The van der Waals surface area contributed by atoms with Crippen molar-refractivity contribution >= 4 is 34.1 Å². The molecule has 124 valence electrons. The Morgan fingerprint density at radius 1 is 0.720 bits per heavy atom. The molecule has 0 fully saturated rings. The summed E-state index contributed by atoms with van der Waals surface area (Å²) in [5, 5.41) is 37.3. The van der Waals surface area contributed by atoms with Crippen LogP contribution in [0.3, 0.4) is 0 Å². The highest BCUT2D eigenvalue weighted by molar-refractivity contribution is 6.05. The highest BCUT2D eigenvalue weighted by atomic mass is 16.4. The average molecular weight is 336 g/mol. The Labute approximate surface area is 141 Å². The first kappa shape index (κ1) is 16.1. The minimum atomic E-state index is -1.30. The number of rotatable bonds is 4. The molecular formula is C18H12N2O5. The van der Waals surface area contributed by atoms with E-state index in [4.69, 9.17) is 0 Å². The molecule has 0 saturated heterocycles. The van der Waals surface area contributed by atoms with Gasteiger partial charge in [0.2, 0.25) is 0 Å². The van der Waals surface area contributed by atoms with Crippen LogP contribution >= 0.6 is 0 Å². The Morgan fingerprint density at radius 3 is 1.96 bits per heavy atom. The first-order valence-electron chi connectivity index (χ1n) is 7.21. The second-order valence-electron chi connectivity index (χ2n) is 5.16. The van der Waals surface area contributed by atoms with Crippen molar-refractivity contribution in [3.05, 3.63) is 65.7 Å². The Morgan fingerprint density at radius 2 is 1.28 bits per heavy atom. The van der Waals surface area contributed by atoms with Crippen LogP contribution < -0.4 is 0 Å². The van der Waals surface area contributed by atoms with Crippen LogP contribution in [-0.2, 0) is 0 Å². The largest absolute Gasteiger partial charge is 0.506 e. The van der Waals surface area contributed by atoms with Gasteiger partial charge in [-0.1, -0.05) is 36.4 Å². The Balaban J connectivity index is 2.18. The zero-order valence-electron chi connectivity index (χ0n) is 12.7. The van der Waals surface area contributed by atoms with Crippen molar-refractivity contribution in [1.82, 2.24) is 0 Å². The van der Waals surface area contributed by atoms with Gasteiger partial charge < -0.3 is 15.3 Å². The summed E-state index contributed by atoms with van der Waals surface area (Å²) in [6.07, 6.45) is 0. The molecule has 0 unspecified atom stereocenters. The van der Waals surface area contributed by atoms with Gasteiger partial charge in [-0.3, -0.25) is 0 Å². The highest BCUT2D eigenvalue weighted by Gasteiger charge is 2.16. The average Bonchev–Trinajstić information content (AvgIpc) is 2.61. The van der Waals surface area contributed by atoms with E-state index >= 15 is 0 Å². The van der Waals surface area contributed by atoms with Crippen LogP contribution in [0.2, 0.25) is 0 Å². The summed E-state index contributed by atoms with van der Waals surface area (Å²) in [6.45, 7) is 0. The van der Waals surface area contributed by atoms with Gasteiger partial charge in [-0.2, -0.15) is 0 Å². The lowest BCUT2D eigenvalue weighted by atomic mass is 10.0. The number of carbonyl (C=O) groups is 2. The smallest absolute Gasteiger partial charge is 0.339 e. The number of fused-ring (bicyclic) bond motifs is 1. The monoisotopic (exact) mass is 336 g/mol. The molecule has 0 aliphatic carbocycles. The van der Waals surface area contributed by atoms with Gasteiger partial charge in [0.15, 0.2) is 0 Å². The number of carboxylic acid groups (broad SMARTS) is 2. The molecule has 0 spiro atoms. The summed E-state index contributed by atoms with van der Waals surface area (Å²) < 4.78 is 0. The van der Waals surface area contributed by atoms with Crippen molar-refractivity contribution in [2.75, 3.05) is 0 Å². The number of carboxylic acids is 2. The van der Waals surface area contributed by atoms with Crippen molar-refractivity contribution in [3.63, 3.8) is 0 Å². The van der Waals surface area contributed by atoms with E-state index in [0.29, 0.717) is 10.8 Å². The lowest BCUT2D eigenvalue weighted by molar-refractivity contribution is 0.0684. The van der Waals surface area contributed by atoms with Gasteiger partial charge in [-0.15, -0.1) is 10.2 Å². The van der Waals surface area contributed by atoms with Crippen LogP contribution in [0.15, 0.2) is 64.8 Å². The molecule has 7 nitrogen and oxygen atoms in total. The zero-order valence-corrected chi connectivity index (χ0v) is 12.7. The summed E-state index contributed by atoms with van der Waals surface area (Å²) in [5.41, 5.74) is 0.0296. The maximum absolute atomic E-state index is 11.3. The molecule has 0 bridgehead atoms. The van der Waals surface area contributed by atoms with Gasteiger partial charge in [0.1, 0.15) is 17.0 Å². The molecule has 3 N–H and O–H groups in total. The van der Waals surface area contributed by atoms with E-state index in [0.717, 1.165) is 0 Å². The minimum absolute atomic E-state index is 0.0206. The van der Waals surface area contributed by atoms with Gasteiger partial charge in [0.25, 0.3) is 0 Å². The van der Waals surface area contributed by atoms with E-state index in [1.807, 2.05) is 0 Å². The number of benzene rings is 3. The van der Waals surface area contributed by atoms with Gasteiger partial charge in [0, 0.05) is 10.8 Å². The third kappa shape index (κ3) is 3.02. The van der Waals surface area contributed by atoms with Crippen LogP contribution in [0.4, 0.5) is 11.4 Å². The molecule has 0 aliphatic rings. The van der Waals surface area contributed by atoms with E-state index in [2.05, 4.69) is 10.2 Å². The van der Waals surface area contributed by atoms with E-state index in [9.17, 15) is 24.9 Å². The third-order valence-corrected chi connectivity index (χ3v) is 3.62. The second-order valence-corrected chi connectivity index (χ2v) is 5.16. The zero-order chi connectivity index (χ0) is 18.0. The fourth-order valence-electron chi connectivity index (χ4n) is 2.44. The Bertz CT molecular complexity index is 1030. The van der Waals surface area contributed by atoms with E-state index in [-0.39, 0.29) is 28.3 Å². The standard InChI is InChI=1S/C18H12N2O5/c21-16-11-6-2-1-5-10(11)15(9-13(16)18(24)25)20-19-14-8-4-3-7-12(14)17(22)23/h1-9,21H,(H,22,23)(H,24,25). The lowest BCUT2D eigenvalue weighted by Crippen LogP contribution is -1.97. The molecule has 3 rings (SSSR count). The van der Waals surface area contributed by atoms with Crippen molar-refractivity contribution in [3.8, 4) is 5.75 Å². The lowest BCUT2D eigenvalue weighted by Gasteiger charge is -2.07. The van der Waals surface area contributed by atoms with Gasteiger partial charge in [-0.05, 0) is 18.2 Å². The molecule has 0 aromatic heterocycles. The summed E-state index contributed by atoms with van der Waals surface area (Å²) in [5.74, 6) is -2.80. The predicted octanol–water partition coefficient (Wildman–Crippen LogP) is 4.36. The van der Waals surface area contributed by atoms with E-state index in [1.165, 1.54) is 18.2 Å². The van der Waals surface area contributed by atoms with Crippen molar-refractivity contribution in [2.24, 2.45) is 10.2 Å². The summed E-state index contributed by atoms with van der Waals surface area (Å²) in [4.78, 5) is 22.5. The molecule has 0 saturated carbocycles. The number of nitrogens with zero attached hydrogens (tertiary/aromatic N) is 2. The molecule has 0 aliphatic heterocycles. The summed E-state index contributed by atoms with van der Waals surface area (Å²) in [6, 6.07) is 13.9. The normalized spacial score (nSPS) is 11.0. The maximum Gasteiger partial charge on any atom is 0.339 e. The number of aromatic carboxylic acids is 2. The van der Waals surface area contributed by atoms with Crippen LogP contribution in [-0.4, -0.2) is 27.3 Å². The molecule has 7 heteroatoms. The van der Waals surface area contributed by atoms with Gasteiger partial charge in [-0.25, -0.2) is 9.59 Å². The topological polar surface area (TPSA) is 120 Å². The molecule has 0 radical (unpaired) electrons. The number of azo groups is 1. The first-order chi connectivity index (χ1) is 12.0. The van der Waals surface area contributed by atoms with Gasteiger partial charge in [0.05, 0.1) is 11.3 Å². The molecule has 0 amide bonds.